The molecule has 1 heterocycles. The third-order valence-electron chi connectivity index (χ3n) is 0.897. The van der Waals surface area contributed by atoms with Crippen LogP contribution in [-0.2, 0) is 0 Å². The van der Waals surface area contributed by atoms with Crippen molar-refractivity contribution in [1.82, 2.24) is 0 Å². The molecule has 0 spiro atoms. The van der Waals surface area contributed by atoms with E-state index >= 15 is 0 Å². The predicted octanol–water partition coefficient (Wildman–Crippen LogP) is 1.57. The first-order valence-corrected chi connectivity index (χ1v) is 2.34. The van der Waals surface area contributed by atoms with Gasteiger partial charge >= 0.3 is 0 Å². The lowest BCUT2D eigenvalue weighted by molar-refractivity contribution is 0.534. The molecule has 1 aromatic rings. The standard InChI is InChI=1S/C7H6O/c1-3-7-4-6(2)8-5-7/h1,4-5H,2H3. The van der Waals surface area contributed by atoms with E-state index in [0.29, 0.717) is 0 Å². The van der Waals surface area contributed by atoms with E-state index in [1.165, 1.54) is 0 Å². The SMILES string of the molecule is C#Cc1coc(C)c1. The van der Waals surface area contributed by atoms with Crippen LogP contribution in [0.15, 0.2) is 16.7 Å². The summed E-state index contributed by atoms with van der Waals surface area (Å²) in [5.74, 6) is 3.31. The second-order valence-corrected chi connectivity index (χ2v) is 1.59. The van der Waals surface area contributed by atoms with Gasteiger partial charge in [0.2, 0.25) is 0 Å². The number of furan rings is 1. The predicted molar refractivity (Wildman–Crippen MR) is 31.4 cm³/mol. The highest BCUT2D eigenvalue weighted by Crippen LogP contribution is 2.02. The summed E-state index contributed by atoms with van der Waals surface area (Å²) in [5.41, 5.74) is 0.808. The highest BCUT2D eigenvalue weighted by Gasteiger charge is 1.89. The van der Waals surface area contributed by atoms with Gasteiger partial charge in [0.05, 0.1) is 5.56 Å². The highest BCUT2D eigenvalue weighted by molar-refractivity contribution is 5.29. The van der Waals surface area contributed by atoms with E-state index in [0.717, 1.165) is 11.3 Å². The average Bonchev–Trinajstić information content (AvgIpc) is 2.14. The Bertz CT molecular complexity index is 215. The van der Waals surface area contributed by atoms with E-state index in [1.54, 1.807) is 6.26 Å². The Morgan fingerprint density at radius 3 is 2.75 bits per heavy atom. The van der Waals surface area contributed by atoms with Crippen LogP contribution >= 0.6 is 0 Å². The van der Waals surface area contributed by atoms with Crippen molar-refractivity contribution in [2.75, 3.05) is 0 Å². The van der Waals surface area contributed by atoms with Gasteiger partial charge in [0.1, 0.15) is 12.0 Å². The number of hydrogen-bond acceptors (Lipinski definition) is 1. The summed E-state index contributed by atoms with van der Waals surface area (Å²) >= 11 is 0. The topological polar surface area (TPSA) is 13.1 Å². The first-order chi connectivity index (χ1) is 3.83. The van der Waals surface area contributed by atoms with Crippen LogP contribution in [-0.4, -0.2) is 0 Å². The molecule has 0 bridgehead atoms. The van der Waals surface area contributed by atoms with E-state index in [2.05, 4.69) is 5.92 Å². The van der Waals surface area contributed by atoms with Crippen molar-refractivity contribution in [2.24, 2.45) is 0 Å². The van der Waals surface area contributed by atoms with Crippen molar-refractivity contribution >= 4 is 0 Å². The molecule has 8 heavy (non-hydrogen) atoms. The van der Waals surface area contributed by atoms with Crippen LogP contribution in [0.4, 0.5) is 0 Å². The number of terminal acetylenes is 1. The Hall–Kier alpha value is -1.16. The lowest BCUT2D eigenvalue weighted by Crippen LogP contribution is -1.57. The molecule has 1 nitrogen and oxygen atoms in total. The maximum atomic E-state index is 5.05. The molecule has 0 fully saturated rings. The summed E-state index contributed by atoms with van der Waals surface area (Å²) < 4.78 is 4.91. The Morgan fingerprint density at radius 2 is 2.50 bits per heavy atom. The summed E-state index contributed by atoms with van der Waals surface area (Å²) in [6.07, 6.45) is 6.62. The van der Waals surface area contributed by atoms with Gasteiger partial charge in [-0.3, -0.25) is 0 Å². The monoisotopic (exact) mass is 106 g/mol. The van der Waals surface area contributed by atoms with E-state index in [9.17, 15) is 0 Å². The molecule has 40 valence electrons. The lowest BCUT2D eigenvalue weighted by atomic mass is 10.3. The zero-order valence-electron chi connectivity index (χ0n) is 4.64. The van der Waals surface area contributed by atoms with Crippen LogP contribution in [0.5, 0.6) is 0 Å². The number of hydrogen-bond donors (Lipinski definition) is 0. The van der Waals surface area contributed by atoms with Gasteiger partial charge in [-0.05, 0) is 13.0 Å². The summed E-state index contributed by atoms with van der Waals surface area (Å²) in [6, 6.07) is 1.82. The van der Waals surface area contributed by atoms with Crippen molar-refractivity contribution in [3.8, 4) is 12.3 Å². The van der Waals surface area contributed by atoms with E-state index in [1.807, 2.05) is 13.0 Å². The fourth-order valence-electron chi connectivity index (χ4n) is 0.519. The molecule has 0 amide bonds. The second kappa shape index (κ2) is 1.75. The molecule has 1 heteroatoms. The second-order valence-electron chi connectivity index (χ2n) is 1.59. The van der Waals surface area contributed by atoms with Crippen molar-refractivity contribution < 1.29 is 4.42 Å². The largest absolute Gasteiger partial charge is 0.468 e. The van der Waals surface area contributed by atoms with Gasteiger partial charge in [0.25, 0.3) is 0 Å². The fourth-order valence-corrected chi connectivity index (χ4v) is 0.519. The van der Waals surface area contributed by atoms with Crippen molar-refractivity contribution in [3.05, 3.63) is 23.7 Å². The van der Waals surface area contributed by atoms with Crippen molar-refractivity contribution in [3.63, 3.8) is 0 Å². The van der Waals surface area contributed by atoms with Crippen LogP contribution in [0.25, 0.3) is 0 Å². The van der Waals surface area contributed by atoms with Gasteiger partial charge < -0.3 is 4.42 Å². The minimum absolute atomic E-state index is 0.808. The lowest BCUT2D eigenvalue weighted by Gasteiger charge is -1.69. The zero-order chi connectivity index (χ0) is 5.98. The molecule has 0 N–H and O–H groups in total. The van der Waals surface area contributed by atoms with Gasteiger partial charge in [-0.25, -0.2) is 0 Å². The quantitative estimate of drug-likeness (QED) is 0.457. The van der Waals surface area contributed by atoms with Crippen LogP contribution in [0, 0.1) is 19.3 Å². The van der Waals surface area contributed by atoms with Gasteiger partial charge in [-0.1, -0.05) is 5.92 Å². The Balaban J connectivity index is 3.05. The molecule has 0 radical (unpaired) electrons. The third kappa shape index (κ3) is 0.737. The Morgan fingerprint density at radius 1 is 1.75 bits per heavy atom. The Labute approximate surface area is 48.3 Å². The summed E-state index contributed by atoms with van der Waals surface area (Å²) in [7, 11) is 0. The van der Waals surface area contributed by atoms with Gasteiger partial charge in [-0.2, -0.15) is 0 Å². The molecular weight excluding hydrogens is 100 g/mol. The van der Waals surface area contributed by atoms with Crippen LogP contribution in [0.1, 0.15) is 11.3 Å². The fraction of sp³-hybridized carbons (Fsp3) is 0.143. The zero-order valence-corrected chi connectivity index (χ0v) is 4.64. The average molecular weight is 106 g/mol. The molecular formula is C7H6O. The third-order valence-corrected chi connectivity index (χ3v) is 0.897. The maximum Gasteiger partial charge on any atom is 0.106 e. The molecule has 0 aromatic carbocycles. The molecule has 0 aliphatic rings. The first kappa shape index (κ1) is 4.99. The van der Waals surface area contributed by atoms with Crippen LogP contribution < -0.4 is 0 Å². The summed E-state index contributed by atoms with van der Waals surface area (Å²) in [6.45, 7) is 1.86. The van der Waals surface area contributed by atoms with Gasteiger partial charge in [0.15, 0.2) is 0 Å². The smallest absolute Gasteiger partial charge is 0.106 e. The molecule has 0 saturated carbocycles. The molecule has 0 unspecified atom stereocenters. The van der Waals surface area contributed by atoms with E-state index in [4.69, 9.17) is 10.8 Å². The van der Waals surface area contributed by atoms with Gasteiger partial charge in [-0.15, -0.1) is 6.42 Å². The number of rotatable bonds is 0. The van der Waals surface area contributed by atoms with Crippen molar-refractivity contribution in [1.29, 1.82) is 0 Å². The van der Waals surface area contributed by atoms with E-state index < -0.39 is 0 Å². The molecule has 0 atom stereocenters. The van der Waals surface area contributed by atoms with Crippen LogP contribution in [0.2, 0.25) is 0 Å². The maximum absolute atomic E-state index is 5.05. The minimum Gasteiger partial charge on any atom is -0.468 e. The Kier molecular flexibility index (Phi) is 1.09. The van der Waals surface area contributed by atoms with Crippen molar-refractivity contribution in [2.45, 2.75) is 6.92 Å². The number of aryl methyl sites for hydroxylation is 1. The molecule has 0 aliphatic heterocycles. The molecule has 1 rings (SSSR count). The molecule has 0 saturated heterocycles. The molecule has 1 aromatic heterocycles. The van der Waals surface area contributed by atoms with E-state index in [-0.39, 0.29) is 0 Å². The van der Waals surface area contributed by atoms with Gasteiger partial charge in [0, 0.05) is 0 Å². The highest BCUT2D eigenvalue weighted by atomic mass is 16.3. The summed E-state index contributed by atoms with van der Waals surface area (Å²) in [4.78, 5) is 0. The van der Waals surface area contributed by atoms with Crippen LogP contribution in [0.3, 0.4) is 0 Å². The normalized spacial score (nSPS) is 8.50. The first-order valence-electron chi connectivity index (χ1n) is 2.34. The minimum atomic E-state index is 0.808. The summed E-state index contributed by atoms with van der Waals surface area (Å²) in [5, 5.41) is 0. The molecule has 0 aliphatic carbocycles.